The van der Waals surface area contributed by atoms with Gasteiger partial charge in [0.1, 0.15) is 0 Å². The fourth-order valence-corrected chi connectivity index (χ4v) is 1.99. The molecule has 0 aliphatic carbocycles. The maximum Gasteiger partial charge on any atom is 0.0110 e. The summed E-state index contributed by atoms with van der Waals surface area (Å²) in [7, 11) is 0. The average molecular weight is 405 g/mol. The normalized spacial score (nSPS) is 20.0. The molecule has 1 saturated heterocycles. The Morgan fingerprint density at radius 2 is 1.80 bits per heavy atom. The van der Waals surface area contributed by atoms with Crippen LogP contribution in [-0.2, 0) is 20.4 Å². The summed E-state index contributed by atoms with van der Waals surface area (Å²) in [4.78, 5) is 2.48. The van der Waals surface area contributed by atoms with Crippen molar-refractivity contribution in [2.24, 2.45) is 0 Å². The summed E-state index contributed by atoms with van der Waals surface area (Å²) in [6.45, 7) is 10.7. The molecule has 3 nitrogen and oxygen atoms in total. The fraction of sp³-hybridized carbons (Fsp3) is 1.00. The van der Waals surface area contributed by atoms with Crippen LogP contribution >= 0.6 is 13.5 Å². The average Bonchev–Trinajstić information content (AvgIpc) is 2.03. The Morgan fingerprint density at radius 3 is 2.20 bits per heavy atom. The van der Waals surface area contributed by atoms with Crippen molar-refractivity contribution in [1.29, 1.82) is 0 Å². The van der Waals surface area contributed by atoms with Crippen molar-refractivity contribution in [2.45, 2.75) is 38.8 Å². The second-order valence-electron chi connectivity index (χ2n) is 4.72. The molecular formula is C10H24N3ReS-. The molecule has 1 aliphatic heterocycles. The van der Waals surface area contributed by atoms with E-state index in [4.69, 9.17) is 5.73 Å². The smallest absolute Gasteiger partial charge is 0.0110 e. The summed E-state index contributed by atoms with van der Waals surface area (Å²) >= 11 is 0. The van der Waals surface area contributed by atoms with E-state index in [2.05, 4.69) is 17.1 Å². The second-order valence-corrected chi connectivity index (χ2v) is 4.72. The van der Waals surface area contributed by atoms with Crippen LogP contribution in [0, 0.1) is 0 Å². The molecule has 1 fully saturated rings. The minimum absolute atomic E-state index is 0. The van der Waals surface area contributed by atoms with Crippen molar-refractivity contribution in [2.75, 3.05) is 26.2 Å². The molecule has 0 aromatic carbocycles. The molecule has 0 bridgehead atoms. The van der Waals surface area contributed by atoms with Crippen molar-refractivity contribution in [1.82, 2.24) is 10.2 Å². The Bertz CT molecular complexity index is 155. The first-order valence-corrected chi connectivity index (χ1v) is 5.19. The summed E-state index contributed by atoms with van der Waals surface area (Å²) < 4.78 is 0. The van der Waals surface area contributed by atoms with E-state index in [-0.39, 0.29) is 39.5 Å². The number of piperazine rings is 1. The van der Waals surface area contributed by atoms with Gasteiger partial charge in [-0.3, -0.25) is 4.90 Å². The number of hydrogen-bond acceptors (Lipinski definition) is 2. The summed E-state index contributed by atoms with van der Waals surface area (Å²) in [5.41, 5.74) is 7.55. The van der Waals surface area contributed by atoms with Crippen LogP contribution in [0.3, 0.4) is 0 Å². The van der Waals surface area contributed by atoms with Crippen LogP contribution in [0.15, 0.2) is 0 Å². The van der Waals surface area contributed by atoms with Gasteiger partial charge in [0.15, 0.2) is 0 Å². The van der Waals surface area contributed by atoms with Gasteiger partial charge in [-0.05, 0) is 6.92 Å². The van der Waals surface area contributed by atoms with Gasteiger partial charge in [-0.1, -0.05) is 20.3 Å². The molecule has 1 unspecified atom stereocenters. The first-order chi connectivity index (χ1) is 5.99. The molecule has 1 radical (unpaired) electrons. The standard InChI is InChI=1S/C10H22N3.Re.H2S/c1-9(8-10(2,3)11)13-6-4-12-5-7-13;;/h9,11-12H,4-8H2,1-3H3;;1H2/q-1;;. The molecule has 15 heavy (non-hydrogen) atoms. The monoisotopic (exact) mass is 405 g/mol. The van der Waals surface area contributed by atoms with Gasteiger partial charge in [0.2, 0.25) is 0 Å². The predicted octanol–water partition coefficient (Wildman–Crippen LogP) is 1.61. The minimum Gasteiger partial charge on any atom is -0.672 e. The van der Waals surface area contributed by atoms with Crippen molar-refractivity contribution in [3.05, 3.63) is 5.73 Å². The zero-order valence-electron chi connectivity index (χ0n) is 9.94. The fourth-order valence-electron chi connectivity index (χ4n) is 1.99. The van der Waals surface area contributed by atoms with Crippen molar-refractivity contribution in [3.63, 3.8) is 0 Å². The van der Waals surface area contributed by atoms with Gasteiger partial charge < -0.3 is 11.1 Å². The molecule has 2 N–H and O–H groups in total. The van der Waals surface area contributed by atoms with Crippen LogP contribution in [0.2, 0.25) is 0 Å². The van der Waals surface area contributed by atoms with Gasteiger partial charge in [-0.2, -0.15) is 13.5 Å². The molecule has 1 heterocycles. The largest absolute Gasteiger partial charge is 0.672 e. The van der Waals surface area contributed by atoms with Gasteiger partial charge in [-0.25, -0.2) is 0 Å². The zero-order chi connectivity index (χ0) is 9.90. The van der Waals surface area contributed by atoms with Crippen LogP contribution in [0.25, 0.3) is 5.73 Å². The van der Waals surface area contributed by atoms with E-state index in [0.717, 1.165) is 32.6 Å². The van der Waals surface area contributed by atoms with Crippen LogP contribution in [0.1, 0.15) is 27.2 Å². The van der Waals surface area contributed by atoms with Gasteiger partial charge in [-0.15, -0.1) is 5.54 Å². The van der Waals surface area contributed by atoms with Crippen LogP contribution in [0.5, 0.6) is 0 Å². The molecule has 0 aromatic heterocycles. The molecule has 0 saturated carbocycles. The van der Waals surface area contributed by atoms with E-state index in [9.17, 15) is 0 Å². The molecule has 5 heteroatoms. The molecule has 0 spiro atoms. The van der Waals surface area contributed by atoms with Crippen LogP contribution in [-0.4, -0.2) is 42.7 Å². The third-order valence-corrected chi connectivity index (χ3v) is 2.58. The quantitative estimate of drug-likeness (QED) is 0.776. The van der Waals surface area contributed by atoms with Crippen LogP contribution in [0.4, 0.5) is 0 Å². The second kappa shape index (κ2) is 8.05. The van der Waals surface area contributed by atoms with Crippen molar-refractivity contribution >= 4 is 13.5 Å². The van der Waals surface area contributed by atoms with E-state index in [1.807, 2.05) is 13.8 Å². The summed E-state index contributed by atoms with van der Waals surface area (Å²) in [5.74, 6) is 0. The summed E-state index contributed by atoms with van der Waals surface area (Å²) in [6, 6.07) is 0.551. The van der Waals surface area contributed by atoms with E-state index >= 15 is 0 Å². The molecule has 1 aliphatic rings. The number of nitrogens with one attached hydrogen (secondary N) is 2. The Hall–Kier alpha value is 0.892. The number of hydrogen-bond donors (Lipinski definition) is 1. The third-order valence-electron chi connectivity index (χ3n) is 2.58. The summed E-state index contributed by atoms with van der Waals surface area (Å²) in [6.07, 6.45) is 0.965. The van der Waals surface area contributed by atoms with Crippen molar-refractivity contribution in [3.8, 4) is 0 Å². The molecule has 1 atom stereocenters. The maximum atomic E-state index is 7.84. The SMILES string of the molecule is CC(CC(C)(C)[NH-])N1CCNCC1.S.[Re]. The number of nitrogens with zero attached hydrogens (tertiary/aromatic N) is 1. The Balaban J connectivity index is 0. The maximum absolute atomic E-state index is 7.84. The van der Waals surface area contributed by atoms with E-state index in [1.165, 1.54) is 0 Å². The van der Waals surface area contributed by atoms with E-state index in [0.29, 0.717) is 6.04 Å². The minimum atomic E-state index is -0.287. The predicted molar refractivity (Wildman–Crippen MR) is 67.3 cm³/mol. The van der Waals surface area contributed by atoms with Gasteiger partial charge in [0.05, 0.1) is 0 Å². The molecule has 0 amide bonds. The summed E-state index contributed by atoms with van der Waals surface area (Å²) in [5, 5.41) is 3.34. The molecule has 93 valence electrons. The van der Waals surface area contributed by atoms with E-state index < -0.39 is 0 Å². The van der Waals surface area contributed by atoms with E-state index in [1.54, 1.807) is 0 Å². The molecule has 1 rings (SSSR count). The Morgan fingerprint density at radius 1 is 1.33 bits per heavy atom. The first kappa shape index (κ1) is 18.3. The third kappa shape index (κ3) is 7.73. The molecule has 0 aromatic rings. The first-order valence-electron chi connectivity index (χ1n) is 5.19. The van der Waals surface area contributed by atoms with Gasteiger partial charge >= 0.3 is 0 Å². The molecular weight excluding hydrogens is 380 g/mol. The number of rotatable bonds is 3. The Kier molecular flexibility index (Phi) is 9.80. The van der Waals surface area contributed by atoms with Crippen molar-refractivity contribution < 1.29 is 20.4 Å². The topological polar surface area (TPSA) is 39.1 Å². The Labute approximate surface area is 115 Å². The zero-order valence-corrected chi connectivity index (χ0v) is 13.7. The van der Waals surface area contributed by atoms with Gasteiger partial charge in [0, 0.05) is 52.6 Å². The van der Waals surface area contributed by atoms with Gasteiger partial charge in [0.25, 0.3) is 0 Å². The van der Waals surface area contributed by atoms with Crippen LogP contribution < -0.4 is 5.32 Å².